The van der Waals surface area contributed by atoms with Gasteiger partial charge < -0.3 is 9.84 Å². The number of ether oxygens (including phenoxy) is 1. The largest absolute Gasteiger partial charge is 0.504 e. The highest BCUT2D eigenvalue weighted by Crippen LogP contribution is 2.65. The van der Waals surface area contributed by atoms with E-state index in [9.17, 15) is 19.5 Å². The molecule has 0 spiro atoms. The highest BCUT2D eigenvalue weighted by molar-refractivity contribution is 9.10. The van der Waals surface area contributed by atoms with Crippen molar-refractivity contribution in [3.63, 3.8) is 0 Å². The molecule has 0 radical (unpaired) electrons. The summed E-state index contributed by atoms with van der Waals surface area (Å²) in [4.78, 5) is 57.6. The van der Waals surface area contributed by atoms with Crippen LogP contribution in [0.3, 0.4) is 0 Å². The molecule has 2 N–H and O–H groups in total. The van der Waals surface area contributed by atoms with Crippen LogP contribution < -0.4 is 10.2 Å². The highest BCUT2D eigenvalue weighted by atomic mass is 79.9. The number of hydrazine groups is 1. The minimum atomic E-state index is -1.48. The van der Waals surface area contributed by atoms with E-state index in [-0.39, 0.29) is 29.7 Å². The molecule has 0 bridgehead atoms. The Morgan fingerprint density at radius 3 is 2.36 bits per heavy atom. The number of nitrogens with one attached hydrogen (secondary N) is 1. The van der Waals surface area contributed by atoms with Crippen molar-refractivity contribution in [2.45, 2.75) is 31.1 Å². The van der Waals surface area contributed by atoms with Crippen molar-refractivity contribution in [3.05, 3.63) is 99.5 Å². The number of amides is 4. The first-order valence-corrected chi connectivity index (χ1v) is 15.7. The van der Waals surface area contributed by atoms with Crippen LogP contribution in [0.4, 0.5) is 5.69 Å². The lowest BCUT2D eigenvalue weighted by Crippen LogP contribution is -2.53. The fourth-order valence-corrected chi connectivity index (χ4v) is 8.67. The van der Waals surface area contributed by atoms with Gasteiger partial charge in [-0.05, 0) is 55.5 Å². The Morgan fingerprint density at radius 2 is 1.67 bits per heavy atom. The van der Waals surface area contributed by atoms with Crippen LogP contribution >= 0.6 is 15.9 Å². The van der Waals surface area contributed by atoms with Gasteiger partial charge in [-0.1, -0.05) is 75.6 Å². The number of aryl methyl sites for hydroxylation is 1. The Labute approximate surface area is 268 Å². The normalized spacial score (nSPS) is 28.9. The van der Waals surface area contributed by atoms with Crippen molar-refractivity contribution in [3.8, 4) is 11.5 Å². The van der Waals surface area contributed by atoms with E-state index in [0.29, 0.717) is 27.7 Å². The first-order valence-electron chi connectivity index (χ1n) is 14.9. The van der Waals surface area contributed by atoms with Gasteiger partial charge in [0.1, 0.15) is 0 Å². The van der Waals surface area contributed by atoms with E-state index in [2.05, 4.69) is 21.4 Å². The molecule has 3 aromatic rings. The molecule has 0 aromatic heterocycles. The summed E-state index contributed by atoms with van der Waals surface area (Å²) in [6, 6.07) is 20.0. The molecule has 3 fully saturated rings. The molecule has 7 rings (SSSR count). The molecule has 230 valence electrons. The molecular weight excluding hydrogens is 638 g/mol. The van der Waals surface area contributed by atoms with Crippen LogP contribution in [0.1, 0.15) is 35.4 Å². The second-order valence-corrected chi connectivity index (χ2v) is 13.3. The molecule has 2 aliphatic carbocycles. The maximum Gasteiger partial charge on any atom is 0.260 e. The molecular formula is C35H32BrN3O6. The zero-order chi connectivity index (χ0) is 31.8. The van der Waals surface area contributed by atoms with Crippen molar-refractivity contribution in [1.82, 2.24) is 9.91 Å². The third-order valence-corrected chi connectivity index (χ3v) is 10.7. The zero-order valence-electron chi connectivity index (χ0n) is 25.0. The van der Waals surface area contributed by atoms with Crippen molar-refractivity contribution >= 4 is 45.2 Å². The van der Waals surface area contributed by atoms with E-state index < -0.39 is 46.8 Å². The van der Waals surface area contributed by atoms with Crippen molar-refractivity contribution < 1.29 is 29.0 Å². The molecule has 6 atom stereocenters. The number of phenols is 1. The number of methoxy groups -OCH3 is 1. The number of anilines is 1. The number of carbonyl (C=O) groups is 4. The zero-order valence-corrected chi connectivity index (χ0v) is 26.6. The van der Waals surface area contributed by atoms with E-state index in [1.54, 1.807) is 24.3 Å². The number of benzene rings is 3. The number of aromatic hydroxyl groups is 1. The molecule has 9 nitrogen and oxygen atoms in total. The third-order valence-electron chi connectivity index (χ3n) is 10.2. The number of likely N-dealkylation sites (tertiary alicyclic amines) is 1. The standard InChI is InChI=1S/C35H32BrN3O6/c1-18-9-11-21(12-10-18)37-39-32(42)26-17-24-22(13-14-23-28(24)33(43)38(2)31(23)41)29(25-15-20(36)16-27(45-3)30(25)40)35(26,34(39)44)19-7-5-4-6-8-19/h4-13,15-16,23-24,26,28-29,37,40H,14,17H2,1-3H3/t23-,24+,26-,28-,29+,35+/m0/s1. The fourth-order valence-electron chi connectivity index (χ4n) is 8.22. The topological polar surface area (TPSA) is 116 Å². The maximum absolute atomic E-state index is 15.1. The van der Waals surface area contributed by atoms with Crippen molar-refractivity contribution in [1.29, 1.82) is 0 Å². The van der Waals surface area contributed by atoms with Crippen molar-refractivity contribution in [2.75, 3.05) is 19.6 Å². The monoisotopic (exact) mass is 669 g/mol. The van der Waals surface area contributed by atoms with Crippen LogP contribution in [0, 0.1) is 30.6 Å². The summed E-state index contributed by atoms with van der Waals surface area (Å²) in [5.74, 6) is -4.83. The van der Waals surface area contributed by atoms with Crippen LogP contribution in [-0.4, -0.2) is 52.8 Å². The Kier molecular flexibility index (Phi) is 6.88. The number of nitrogens with zero attached hydrogens (tertiary/aromatic N) is 2. The number of carbonyl (C=O) groups excluding carboxylic acids is 4. The van der Waals surface area contributed by atoms with E-state index in [4.69, 9.17) is 4.74 Å². The number of hydrogen-bond acceptors (Lipinski definition) is 7. The number of hydrogen-bond donors (Lipinski definition) is 2. The van der Waals surface area contributed by atoms with Gasteiger partial charge in [0.2, 0.25) is 11.8 Å². The second kappa shape index (κ2) is 10.6. The van der Waals surface area contributed by atoms with Gasteiger partial charge in [0.05, 0.1) is 36.0 Å². The summed E-state index contributed by atoms with van der Waals surface area (Å²) in [5, 5.41) is 12.8. The average molecular weight is 671 g/mol. The van der Waals surface area contributed by atoms with Crippen LogP contribution in [0.15, 0.2) is 82.9 Å². The lowest BCUT2D eigenvalue weighted by molar-refractivity contribution is -0.140. The molecule has 0 unspecified atom stereocenters. The Balaban J connectivity index is 1.50. The van der Waals surface area contributed by atoms with Crippen LogP contribution in [-0.2, 0) is 24.6 Å². The number of rotatable bonds is 5. The first kappa shape index (κ1) is 29.3. The summed E-state index contributed by atoms with van der Waals surface area (Å²) < 4.78 is 6.15. The van der Waals surface area contributed by atoms with Crippen molar-refractivity contribution in [2.24, 2.45) is 23.7 Å². The summed E-state index contributed by atoms with van der Waals surface area (Å²) in [7, 11) is 2.95. The summed E-state index contributed by atoms with van der Waals surface area (Å²) >= 11 is 3.56. The predicted octanol–water partition coefficient (Wildman–Crippen LogP) is 5.09. The molecule has 45 heavy (non-hydrogen) atoms. The maximum atomic E-state index is 15.1. The molecule has 4 aliphatic rings. The van der Waals surface area contributed by atoms with Crippen LogP contribution in [0.25, 0.3) is 0 Å². The van der Waals surface area contributed by atoms with Crippen LogP contribution in [0.5, 0.6) is 11.5 Å². The second-order valence-electron chi connectivity index (χ2n) is 12.4. The summed E-state index contributed by atoms with van der Waals surface area (Å²) in [6.45, 7) is 1.95. The van der Waals surface area contributed by atoms with Gasteiger partial charge in [0.15, 0.2) is 11.5 Å². The Morgan fingerprint density at radius 1 is 0.956 bits per heavy atom. The molecule has 1 saturated carbocycles. The van der Waals surface area contributed by atoms with Gasteiger partial charge in [0, 0.05) is 23.0 Å². The SMILES string of the molecule is COc1cc(Br)cc([C@H]2C3=CC[C@@H]4C(=O)N(C)C(=O)[C@@H]4[C@@H]3C[C@H]3C(=O)N(Nc4ccc(C)cc4)C(=O)[C@@]23c2ccccc2)c1O. The quantitative estimate of drug-likeness (QED) is 0.287. The van der Waals surface area contributed by atoms with Gasteiger partial charge in [-0.2, -0.15) is 5.01 Å². The highest BCUT2D eigenvalue weighted by Gasteiger charge is 2.70. The van der Waals surface area contributed by atoms with Gasteiger partial charge in [0.25, 0.3) is 11.8 Å². The third kappa shape index (κ3) is 4.11. The molecule has 2 heterocycles. The lowest BCUT2D eigenvalue weighted by atomic mass is 9.49. The predicted molar refractivity (Wildman–Crippen MR) is 169 cm³/mol. The Bertz CT molecular complexity index is 1790. The van der Waals surface area contributed by atoms with Gasteiger partial charge >= 0.3 is 0 Å². The minimum absolute atomic E-state index is 0.153. The molecule has 2 aliphatic heterocycles. The minimum Gasteiger partial charge on any atom is -0.504 e. The number of allylic oxidation sites excluding steroid dienone is 2. The molecule has 2 saturated heterocycles. The average Bonchev–Trinajstić information content (AvgIpc) is 3.40. The van der Waals surface area contributed by atoms with E-state index in [0.717, 1.165) is 16.1 Å². The fraction of sp³-hybridized carbons (Fsp3) is 0.314. The molecule has 3 aromatic carbocycles. The summed E-state index contributed by atoms with van der Waals surface area (Å²) in [6.07, 6.45) is 2.47. The number of imide groups is 2. The van der Waals surface area contributed by atoms with Crippen LogP contribution in [0.2, 0.25) is 0 Å². The molecule has 4 amide bonds. The Hall–Kier alpha value is -4.44. The lowest BCUT2D eigenvalue weighted by Gasteiger charge is -2.50. The van der Waals surface area contributed by atoms with E-state index >= 15 is 4.79 Å². The van der Waals surface area contributed by atoms with Gasteiger partial charge in [-0.25, -0.2) is 0 Å². The number of phenolic OH excluding ortho intramolecular Hbond substituents is 1. The first-order chi connectivity index (χ1) is 21.6. The van der Waals surface area contributed by atoms with Gasteiger partial charge in [-0.3, -0.25) is 29.5 Å². The number of halogens is 1. The van der Waals surface area contributed by atoms with E-state index in [1.165, 1.54) is 19.1 Å². The smallest absolute Gasteiger partial charge is 0.260 e. The van der Waals surface area contributed by atoms with E-state index in [1.807, 2.05) is 55.5 Å². The van der Waals surface area contributed by atoms with Gasteiger partial charge in [-0.15, -0.1) is 0 Å². The summed E-state index contributed by atoms with van der Waals surface area (Å²) in [5.41, 5.74) is 4.98. The number of fused-ring (bicyclic) bond motifs is 4. The molecule has 10 heteroatoms.